The van der Waals surface area contributed by atoms with Crippen molar-refractivity contribution >= 4 is 35.6 Å². The fraction of sp³-hybridized carbons (Fsp3) is 0.412. The van der Waals surface area contributed by atoms with Crippen molar-refractivity contribution in [3.8, 4) is 0 Å². The first-order chi connectivity index (χ1) is 33.8. The van der Waals surface area contributed by atoms with Gasteiger partial charge in [0.05, 0.1) is 52.0 Å². The fourth-order valence-electron chi connectivity index (χ4n) is 7.51. The molecule has 5 rings (SSSR count). The van der Waals surface area contributed by atoms with Crippen LogP contribution < -0.4 is 38.5 Å². The molecule has 0 unspecified atom stereocenters. The molecule has 0 radical (unpaired) electrons. The summed E-state index contributed by atoms with van der Waals surface area (Å²) in [6.45, 7) is 3.72. The smallest absolute Gasteiger partial charge is 0.305 e. The van der Waals surface area contributed by atoms with Crippen LogP contribution in [-0.2, 0) is 74.1 Å². The monoisotopic (exact) mass is 966 g/mol. The van der Waals surface area contributed by atoms with E-state index in [2.05, 4.69) is 26.3 Å². The first-order valence-corrected chi connectivity index (χ1v) is 23.2. The Balaban J connectivity index is 1.40. The lowest BCUT2D eigenvalue weighted by molar-refractivity contribution is -0.293. The Kier molecular flexibility index (Phi) is 22.2. The third-order valence-corrected chi connectivity index (χ3v) is 11.2. The van der Waals surface area contributed by atoms with Crippen LogP contribution >= 0.6 is 0 Å². The number of rotatable bonds is 28. The minimum atomic E-state index is -1.64. The number of carbonyl (C=O) groups excluding carboxylic acids is 4. The predicted octanol–water partition coefficient (Wildman–Crippen LogP) is 2.40. The average molecular weight is 967 g/mol. The van der Waals surface area contributed by atoms with Crippen LogP contribution in [0.15, 0.2) is 126 Å². The van der Waals surface area contributed by atoms with Gasteiger partial charge in [-0.25, -0.2) is 0 Å². The molecule has 70 heavy (non-hydrogen) atoms. The second kappa shape index (κ2) is 28.7. The van der Waals surface area contributed by atoms with Gasteiger partial charge in [-0.2, -0.15) is 0 Å². The molecule has 0 aliphatic carbocycles. The third kappa shape index (κ3) is 18.3. The van der Waals surface area contributed by atoms with Crippen LogP contribution in [0.1, 0.15) is 55.4 Å². The van der Waals surface area contributed by atoms with E-state index in [9.17, 15) is 29.1 Å². The highest BCUT2D eigenvalue weighted by Crippen LogP contribution is 2.30. The van der Waals surface area contributed by atoms with E-state index in [1.54, 1.807) is 13.8 Å². The summed E-state index contributed by atoms with van der Waals surface area (Å²) in [7, 11) is 0. The maximum Gasteiger partial charge on any atom is 0.305 e. The lowest BCUT2D eigenvalue weighted by Gasteiger charge is -2.46. The van der Waals surface area contributed by atoms with Crippen LogP contribution in [0.4, 0.5) is 0 Å². The quantitative estimate of drug-likeness (QED) is 0.0231. The minimum Gasteiger partial charge on any atom is -0.481 e. The Morgan fingerprint density at radius 3 is 1.71 bits per heavy atom. The minimum absolute atomic E-state index is 0.0595. The number of benzene rings is 4. The average Bonchev–Trinajstić information content (AvgIpc) is 3.35. The molecule has 1 fully saturated rings. The molecule has 19 nitrogen and oxygen atoms in total. The number of hydrogen-bond donors (Lipinski definition) is 8. The standard InChI is InChI=1S/C51H66N8O11/c1-33(2)43(58-48(64)39(26-42(61)62)57-41(60)27-56-47(63)38(52)24-15-25-55-51(53)54)49(65)59-44-46(68-30-36-20-11-5-12-21-36)45(67-29-35-18-9-4-10-19-35)40(32-66-28-34-16-7-3-8-17-34)70-50(44)69-31-37-22-13-6-14-23-37/h3-14,16-23,33,38-40,43-46,50H,15,24-32,52H2,1-2H3,(H,56,63)(H,57,60)(H,58,64)(H,59,65)(H,61,62)(H4,53,54,55)/t38-,39-,40+,43-,44+,45+,46+,50+/m0/s1. The van der Waals surface area contributed by atoms with E-state index in [0.717, 1.165) is 22.3 Å². The highest BCUT2D eigenvalue weighted by Gasteiger charge is 2.50. The van der Waals surface area contributed by atoms with Crippen LogP contribution in [0.3, 0.4) is 0 Å². The van der Waals surface area contributed by atoms with Gasteiger partial charge in [-0.1, -0.05) is 135 Å². The maximum absolute atomic E-state index is 14.7. The number of nitrogens with zero attached hydrogens (tertiary/aromatic N) is 1. The molecule has 1 aliphatic heterocycles. The van der Waals surface area contributed by atoms with E-state index in [0.29, 0.717) is 6.42 Å². The van der Waals surface area contributed by atoms with E-state index in [4.69, 9.17) is 40.9 Å². The summed E-state index contributed by atoms with van der Waals surface area (Å²) in [6.07, 6.45) is -3.97. The number of guanidine groups is 1. The molecule has 0 saturated carbocycles. The number of amides is 4. The van der Waals surface area contributed by atoms with Gasteiger partial charge in [0.15, 0.2) is 12.2 Å². The Bertz CT molecular complexity index is 2260. The Morgan fingerprint density at radius 1 is 0.686 bits per heavy atom. The zero-order valence-corrected chi connectivity index (χ0v) is 39.5. The maximum atomic E-state index is 14.7. The zero-order chi connectivity index (χ0) is 50.3. The molecule has 4 amide bonds. The van der Waals surface area contributed by atoms with E-state index in [1.165, 1.54) is 0 Å². The van der Waals surface area contributed by atoms with Crippen LogP contribution in [0.5, 0.6) is 0 Å². The van der Waals surface area contributed by atoms with Crippen molar-refractivity contribution in [1.29, 1.82) is 0 Å². The number of carboxylic acid groups (broad SMARTS) is 1. The molecule has 11 N–H and O–H groups in total. The summed E-state index contributed by atoms with van der Waals surface area (Å²) in [5, 5.41) is 20.2. The molecule has 376 valence electrons. The van der Waals surface area contributed by atoms with Gasteiger partial charge < -0.3 is 67.3 Å². The number of nitrogens with two attached hydrogens (primary N) is 3. The number of aliphatic imine (C=N–C) groups is 1. The summed E-state index contributed by atoms with van der Waals surface area (Å²) >= 11 is 0. The number of hydrogen-bond acceptors (Lipinski definition) is 12. The second-order valence-electron chi connectivity index (χ2n) is 17.1. The molecule has 0 spiro atoms. The number of aliphatic carboxylic acids is 1. The molecule has 0 aromatic heterocycles. The molecule has 8 atom stereocenters. The molecule has 1 aliphatic rings. The van der Waals surface area contributed by atoms with Gasteiger partial charge in [-0.3, -0.25) is 29.0 Å². The van der Waals surface area contributed by atoms with Gasteiger partial charge in [0.2, 0.25) is 23.6 Å². The summed E-state index contributed by atoms with van der Waals surface area (Å²) in [6, 6.07) is 33.2. The van der Waals surface area contributed by atoms with Crippen molar-refractivity contribution in [1.82, 2.24) is 21.3 Å². The third-order valence-electron chi connectivity index (χ3n) is 11.2. The van der Waals surface area contributed by atoms with Crippen molar-refractivity contribution in [2.45, 2.75) is 108 Å². The predicted molar refractivity (Wildman–Crippen MR) is 260 cm³/mol. The number of ether oxygens (including phenoxy) is 5. The number of carbonyl (C=O) groups is 5. The van der Waals surface area contributed by atoms with Gasteiger partial charge in [-0.05, 0) is 41.0 Å². The molecule has 19 heteroatoms. The van der Waals surface area contributed by atoms with E-state index in [-0.39, 0.29) is 52.0 Å². The molecular formula is C51H66N8O11. The summed E-state index contributed by atoms with van der Waals surface area (Å²) in [5.41, 5.74) is 20.1. The first-order valence-electron chi connectivity index (χ1n) is 23.2. The van der Waals surface area contributed by atoms with Crippen LogP contribution in [0, 0.1) is 5.92 Å². The van der Waals surface area contributed by atoms with Gasteiger partial charge in [0.1, 0.15) is 36.4 Å². The van der Waals surface area contributed by atoms with Crippen molar-refractivity contribution in [2.24, 2.45) is 28.1 Å². The van der Waals surface area contributed by atoms with E-state index < -0.39 is 97.3 Å². The number of carboxylic acids is 1. The molecule has 4 aromatic carbocycles. The van der Waals surface area contributed by atoms with Gasteiger partial charge >= 0.3 is 5.97 Å². The van der Waals surface area contributed by atoms with Crippen molar-refractivity contribution in [3.05, 3.63) is 144 Å². The molecule has 1 saturated heterocycles. The van der Waals surface area contributed by atoms with Crippen molar-refractivity contribution in [3.63, 3.8) is 0 Å². The van der Waals surface area contributed by atoms with Gasteiger partial charge in [0, 0.05) is 6.54 Å². The van der Waals surface area contributed by atoms with Crippen LogP contribution in [-0.4, -0.2) is 109 Å². The molecule has 1 heterocycles. The summed E-state index contributed by atoms with van der Waals surface area (Å²) in [5.74, 6) is -5.23. The lowest BCUT2D eigenvalue weighted by atomic mass is 9.94. The zero-order valence-electron chi connectivity index (χ0n) is 39.5. The number of nitrogens with one attached hydrogen (secondary N) is 4. The molecular weight excluding hydrogens is 901 g/mol. The normalized spacial score (nSPS) is 18.9. The van der Waals surface area contributed by atoms with Gasteiger partial charge in [-0.15, -0.1) is 0 Å². The Morgan fingerprint density at radius 2 is 1.20 bits per heavy atom. The highest BCUT2D eigenvalue weighted by atomic mass is 16.7. The summed E-state index contributed by atoms with van der Waals surface area (Å²) < 4.78 is 33.1. The first kappa shape index (κ1) is 54.2. The second-order valence-corrected chi connectivity index (χ2v) is 17.1. The summed E-state index contributed by atoms with van der Waals surface area (Å²) in [4.78, 5) is 70.1. The Hall–Kier alpha value is -6.74. The molecule has 4 aromatic rings. The van der Waals surface area contributed by atoms with Crippen LogP contribution in [0.25, 0.3) is 0 Å². The van der Waals surface area contributed by atoms with Crippen molar-refractivity contribution < 1.29 is 52.8 Å². The van der Waals surface area contributed by atoms with Crippen LogP contribution in [0.2, 0.25) is 0 Å². The molecule has 0 bridgehead atoms. The Labute approximate surface area is 408 Å². The van der Waals surface area contributed by atoms with Crippen molar-refractivity contribution in [2.75, 3.05) is 19.7 Å². The largest absolute Gasteiger partial charge is 0.481 e. The topological polar surface area (TPSA) is 290 Å². The van der Waals surface area contributed by atoms with E-state index >= 15 is 0 Å². The SMILES string of the molecule is CC(C)[C@H](NC(=O)[C@H](CC(=O)O)NC(=O)CNC(=O)[C@@H](N)CCCN=C(N)N)C(=O)N[C@H]1[C@H](OCc2ccccc2)O[C@H](COCc2ccccc2)[C@@H](OCc2ccccc2)[C@@H]1OCc1ccccc1. The lowest BCUT2D eigenvalue weighted by Crippen LogP contribution is -2.68. The fourth-order valence-corrected chi connectivity index (χ4v) is 7.51. The highest BCUT2D eigenvalue weighted by molar-refractivity contribution is 5.95. The van der Waals surface area contributed by atoms with E-state index in [1.807, 2.05) is 121 Å². The van der Waals surface area contributed by atoms with Gasteiger partial charge in [0.25, 0.3) is 0 Å².